The third-order valence-corrected chi connectivity index (χ3v) is 6.66. The first-order valence-electron chi connectivity index (χ1n) is 8.45. The molecule has 1 amide bonds. The van der Waals surface area contributed by atoms with Gasteiger partial charge in [-0.05, 0) is 37.7 Å². The Morgan fingerprint density at radius 3 is 2.92 bits per heavy atom. The van der Waals surface area contributed by atoms with E-state index in [1.54, 1.807) is 15.7 Å². The van der Waals surface area contributed by atoms with Crippen LogP contribution in [0.4, 0.5) is 0 Å². The number of hydrogen-bond donors (Lipinski definition) is 1. The van der Waals surface area contributed by atoms with Crippen molar-refractivity contribution in [1.29, 1.82) is 0 Å². The molecule has 0 bridgehead atoms. The number of fused-ring (bicyclic) bond motifs is 4. The Bertz CT molecular complexity index is 1030. The highest BCUT2D eigenvalue weighted by Crippen LogP contribution is 2.34. The maximum Gasteiger partial charge on any atom is 0.270 e. The summed E-state index contributed by atoms with van der Waals surface area (Å²) in [6.45, 7) is 1.99. The smallest absolute Gasteiger partial charge is 0.270 e. The first kappa shape index (κ1) is 16.6. The van der Waals surface area contributed by atoms with Gasteiger partial charge in [0, 0.05) is 10.6 Å². The molecule has 0 aromatic carbocycles. The molecule has 1 aliphatic rings. The fourth-order valence-corrected chi connectivity index (χ4v) is 5.36. The highest BCUT2D eigenvalue weighted by atomic mass is 32.2. The first-order chi connectivity index (χ1) is 12.1. The van der Waals surface area contributed by atoms with E-state index in [1.165, 1.54) is 21.3 Å². The number of hydrogen-bond acceptors (Lipinski definition) is 6. The Hall–Kier alpha value is -1.87. The first-order valence-corrected chi connectivity index (χ1v) is 10.2. The van der Waals surface area contributed by atoms with Gasteiger partial charge < -0.3 is 5.73 Å². The van der Waals surface area contributed by atoms with Crippen LogP contribution >= 0.6 is 23.1 Å². The van der Waals surface area contributed by atoms with Gasteiger partial charge in [0.25, 0.3) is 5.56 Å². The van der Waals surface area contributed by atoms with Gasteiger partial charge in [-0.1, -0.05) is 18.7 Å². The van der Waals surface area contributed by atoms with Crippen molar-refractivity contribution in [2.24, 2.45) is 5.73 Å². The van der Waals surface area contributed by atoms with Gasteiger partial charge >= 0.3 is 0 Å². The summed E-state index contributed by atoms with van der Waals surface area (Å²) in [5, 5.41) is 5.73. The molecule has 3 aromatic rings. The average Bonchev–Trinajstić information content (AvgIpc) is 3.11. The van der Waals surface area contributed by atoms with Crippen molar-refractivity contribution in [3.8, 4) is 0 Å². The summed E-state index contributed by atoms with van der Waals surface area (Å²) in [5.41, 5.74) is 6.42. The number of nitrogens with two attached hydrogens (primary N) is 1. The monoisotopic (exact) mass is 377 g/mol. The molecular weight excluding hydrogens is 358 g/mol. The van der Waals surface area contributed by atoms with Gasteiger partial charge in [-0.2, -0.15) is 0 Å². The van der Waals surface area contributed by atoms with Crippen LogP contribution in [0.5, 0.6) is 0 Å². The summed E-state index contributed by atoms with van der Waals surface area (Å²) in [6.07, 6.45) is 5.19. The number of thiophene rings is 1. The van der Waals surface area contributed by atoms with Crippen LogP contribution in [0.1, 0.15) is 36.6 Å². The highest BCUT2D eigenvalue weighted by molar-refractivity contribution is 7.99. The molecule has 0 fully saturated rings. The van der Waals surface area contributed by atoms with E-state index < -0.39 is 5.91 Å². The van der Waals surface area contributed by atoms with Crippen LogP contribution in [-0.4, -0.2) is 30.8 Å². The molecule has 0 saturated carbocycles. The Kier molecular flexibility index (Phi) is 4.28. The van der Waals surface area contributed by atoms with Crippen LogP contribution in [0.3, 0.4) is 0 Å². The van der Waals surface area contributed by atoms with Crippen molar-refractivity contribution in [1.82, 2.24) is 19.2 Å². The molecule has 3 heterocycles. The zero-order valence-corrected chi connectivity index (χ0v) is 15.6. The Morgan fingerprint density at radius 1 is 1.36 bits per heavy atom. The topological polar surface area (TPSA) is 95.3 Å². The van der Waals surface area contributed by atoms with Gasteiger partial charge in [0.1, 0.15) is 11.4 Å². The minimum absolute atomic E-state index is 0.0753. The summed E-state index contributed by atoms with van der Waals surface area (Å²) < 4.78 is 2.99. The molecule has 7 nitrogen and oxygen atoms in total. The third-order valence-electron chi connectivity index (χ3n) is 4.34. The van der Waals surface area contributed by atoms with Crippen LogP contribution in [0, 0.1) is 0 Å². The van der Waals surface area contributed by atoms with E-state index in [0.717, 1.165) is 53.6 Å². The average molecular weight is 377 g/mol. The number of nitrogens with zero attached hydrogens (tertiary/aromatic N) is 4. The van der Waals surface area contributed by atoms with Crippen molar-refractivity contribution >= 4 is 45.0 Å². The molecule has 0 unspecified atom stereocenters. The Morgan fingerprint density at radius 2 is 2.16 bits per heavy atom. The fourth-order valence-electron chi connectivity index (χ4n) is 3.27. The zero-order chi connectivity index (χ0) is 17.6. The molecule has 0 atom stereocenters. The molecule has 9 heteroatoms. The van der Waals surface area contributed by atoms with Gasteiger partial charge in [-0.25, -0.2) is 14.1 Å². The van der Waals surface area contributed by atoms with Crippen LogP contribution in [-0.2, 0) is 24.2 Å². The number of amides is 1. The number of thioether (sulfide) groups is 1. The van der Waals surface area contributed by atoms with Gasteiger partial charge in [-0.15, -0.1) is 16.4 Å². The summed E-state index contributed by atoms with van der Waals surface area (Å²) in [4.78, 5) is 31.3. The largest absolute Gasteiger partial charge is 0.368 e. The van der Waals surface area contributed by atoms with E-state index in [2.05, 4.69) is 17.0 Å². The van der Waals surface area contributed by atoms with Crippen molar-refractivity contribution in [2.45, 2.75) is 50.7 Å². The second-order valence-corrected chi connectivity index (χ2v) is 8.34. The van der Waals surface area contributed by atoms with Crippen molar-refractivity contribution in [3.05, 3.63) is 20.8 Å². The number of carbonyl (C=O) groups is 1. The van der Waals surface area contributed by atoms with Crippen molar-refractivity contribution in [2.75, 3.05) is 5.75 Å². The zero-order valence-electron chi connectivity index (χ0n) is 13.9. The van der Waals surface area contributed by atoms with E-state index in [4.69, 9.17) is 5.73 Å². The summed E-state index contributed by atoms with van der Waals surface area (Å²) in [7, 11) is 0. The van der Waals surface area contributed by atoms with Crippen LogP contribution in [0.15, 0.2) is 9.95 Å². The van der Waals surface area contributed by atoms with Crippen LogP contribution in [0.25, 0.3) is 16.0 Å². The molecule has 2 N–H and O–H groups in total. The van der Waals surface area contributed by atoms with Crippen LogP contribution < -0.4 is 11.3 Å². The predicted octanol–water partition coefficient (Wildman–Crippen LogP) is 1.97. The van der Waals surface area contributed by atoms with Gasteiger partial charge in [0.2, 0.25) is 11.7 Å². The quantitative estimate of drug-likeness (QED) is 0.686. The molecule has 25 heavy (non-hydrogen) atoms. The maximum atomic E-state index is 13.3. The van der Waals surface area contributed by atoms with E-state index in [9.17, 15) is 9.59 Å². The lowest BCUT2D eigenvalue weighted by Gasteiger charge is -2.09. The number of aryl methyl sites for hydroxylation is 2. The molecule has 3 aromatic heterocycles. The molecule has 0 aliphatic heterocycles. The Balaban J connectivity index is 2.01. The van der Waals surface area contributed by atoms with Crippen molar-refractivity contribution in [3.63, 3.8) is 0 Å². The van der Waals surface area contributed by atoms with E-state index >= 15 is 0 Å². The van der Waals surface area contributed by atoms with Gasteiger partial charge in [0.05, 0.1) is 5.39 Å². The normalized spacial score (nSPS) is 14.3. The molecule has 1 aliphatic carbocycles. The summed E-state index contributed by atoms with van der Waals surface area (Å²) in [6, 6.07) is 0. The molecule has 0 radical (unpaired) electrons. The SMILES string of the molecule is CCCSc1nn(CC(N)=O)c2nc3sc4c(c3c(=O)n12)CCCC4. The molecule has 0 spiro atoms. The van der Waals surface area contributed by atoms with Gasteiger partial charge in [-0.3, -0.25) is 9.59 Å². The highest BCUT2D eigenvalue weighted by Gasteiger charge is 2.23. The second kappa shape index (κ2) is 6.45. The lowest BCUT2D eigenvalue weighted by atomic mass is 9.97. The molecule has 4 rings (SSSR count). The van der Waals surface area contributed by atoms with Crippen LogP contribution in [0.2, 0.25) is 0 Å². The number of carbonyl (C=O) groups excluding carboxylic acids is 1. The van der Waals surface area contributed by atoms with Crippen molar-refractivity contribution < 1.29 is 4.79 Å². The minimum Gasteiger partial charge on any atom is -0.368 e. The summed E-state index contributed by atoms with van der Waals surface area (Å²) >= 11 is 3.10. The third kappa shape index (κ3) is 2.75. The number of primary amides is 1. The predicted molar refractivity (Wildman–Crippen MR) is 99.5 cm³/mol. The fraction of sp³-hybridized carbons (Fsp3) is 0.500. The molecule has 0 saturated heterocycles. The van der Waals surface area contributed by atoms with E-state index in [-0.39, 0.29) is 12.1 Å². The lowest BCUT2D eigenvalue weighted by molar-refractivity contribution is -0.118. The molecular formula is C16H19N5O2S2. The number of rotatable bonds is 5. The maximum absolute atomic E-state index is 13.3. The van der Waals surface area contributed by atoms with E-state index in [1.807, 2.05) is 0 Å². The second-order valence-electron chi connectivity index (χ2n) is 6.20. The lowest BCUT2D eigenvalue weighted by Crippen LogP contribution is -2.21. The Labute approximate surface area is 152 Å². The molecule has 132 valence electrons. The standard InChI is InChI=1S/C16H19N5O2S2/c1-2-7-24-16-19-20(8-11(17)22)15-18-13-12(14(23)21(15)16)9-5-3-4-6-10(9)25-13/h2-8H2,1H3,(H2,17,22). The number of aromatic nitrogens is 4. The minimum atomic E-state index is -0.503. The van der Waals surface area contributed by atoms with Gasteiger partial charge in [0.15, 0.2) is 5.16 Å². The summed E-state index contributed by atoms with van der Waals surface area (Å²) in [5.74, 6) is 0.736. The van der Waals surface area contributed by atoms with E-state index in [0.29, 0.717) is 10.9 Å².